The van der Waals surface area contributed by atoms with Gasteiger partial charge in [-0.2, -0.15) is 5.10 Å². The number of fused-ring (bicyclic) bond motifs is 1. The number of halogens is 1. The van der Waals surface area contributed by atoms with Gasteiger partial charge in [-0.05, 0) is 18.6 Å². The summed E-state index contributed by atoms with van der Waals surface area (Å²) in [6.07, 6.45) is 1.38. The van der Waals surface area contributed by atoms with Crippen LogP contribution in [0.25, 0.3) is 5.52 Å². The molecule has 84 valence electrons. The van der Waals surface area contributed by atoms with Gasteiger partial charge in [0.25, 0.3) is 0 Å². The molecule has 0 saturated carbocycles. The summed E-state index contributed by atoms with van der Waals surface area (Å²) in [6.45, 7) is 1.93. The fourth-order valence-electron chi connectivity index (χ4n) is 1.56. The van der Waals surface area contributed by atoms with Crippen molar-refractivity contribution in [3.63, 3.8) is 0 Å². The topological polar surface area (TPSA) is 66.6 Å². The van der Waals surface area contributed by atoms with Crippen molar-refractivity contribution in [2.75, 3.05) is 5.32 Å². The van der Waals surface area contributed by atoms with E-state index in [2.05, 4.69) is 26.3 Å². The van der Waals surface area contributed by atoms with Crippen LogP contribution in [0.2, 0.25) is 0 Å². The maximum absolute atomic E-state index is 10.7. The minimum atomic E-state index is -1.08. The summed E-state index contributed by atoms with van der Waals surface area (Å²) >= 11 is 3.35. The van der Waals surface area contributed by atoms with Crippen LogP contribution in [0.5, 0.6) is 0 Å². The van der Waals surface area contributed by atoms with Crippen molar-refractivity contribution >= 4 is 33.2 Å². The van der Waals surface area contributed by atoms with E-state index in [1.807, 2.05) is 19.1 Å². The van der Waals surface area contributed by atoms with Gasteiger partial charge in [-0.25, -0.2) is 9.31 Å². The third-order valence-electron chi connectivity index (χ3n) is 2.24. The molecular formula is C10H10BrN3O2. The van der Waals surface area contributed by atoms with Gasteiger partial charge in [0.2, 0.25) is 0 Å². The van der Waals surface area contributed by atoms with Crippen molar-refractivity contribution in [3.8, 4) is 0 Å². The summed E-state index contributed by atoms with van der Waals surface area (Å²) in [5.41, 5.74) is 2.03. The zero-order valence-corrected chi connectivity index (χ0v) is 10.2. The minimum absolute atomic E-state index is 0.552. The first-order valence-electron chi connectivity index (χ1n) is 4.78. The van der Waals surface area contributed by atoms with Crippen molar-refractivity contribution in [2.24, 2.45) is 0 Å². The van der Waals surface area contributed by atoms with Crippen LogP contribution >= 0.6 is 15.9 Å². The van der Waals surface area contributed by atoms with E-state index < -0.39 is 6.09 Å². The van der Waals surface area contributed by atoms with Gasteiger partial charge in [-0.15, -0.1) is 0 Å². The SMILES string of the molecule is CCc1nn2ccc(Br)cc2c1NC(=O)O. The first kappa shape index (κ1) is 10.9. The monoisotopic (exact) mass is 283 g/mol. The molecule has 2 N–H and O–H groups in total. The van der Waals surface area contributed by atoms with E-state index in [0.717, 1.165) is 15.7 Å². The Balaban J connectivity index is 2.65. The van der Waals surface area contributed by atoms with Crippen molar-refractivity contribution < 1.29 is 9.90 Å². The Morgan fingerprint density at radius 2 is 2.44 bits per heavy atom. The summed E-state index contributed by atoms with van der Waals surface area (Å²) in [6, 6.07) is 3.68. The molecule has 16 heavy (non-hydrogen) atoms. The smallest absolute Gasteiger partial charge is 0.409 e. The number of aryl methyl sites for hydroxylation is 1. The highest BCUT2D eigenvalue weighted by atomic mass is 79.9. The molecule has 0 atom stereocenters. The summed E-state index contributed by atoms with van der Waals surface area (Å²) in [5.74, 6) is 0. The Bertz CT molecular complexity index is 550. The Morgan fingerprint density at radius 3 is 3.06 bits per heavy atom. The molecular weight excluding hydrogens is 274 g/mol. The van der Waals surface area contributed by atoms with Crippen LogP contribution in [-0.2, 0) is 6.42 Å². The standard InChI is InChI=1S/C10H10BrN3O2/c1-2-7-9(12-10(15)16)8-5-6(11)3-4-14(8)13-7/h3-5,12H,2H2,1H3,(H,15,16). The van der Waals surface area contributed by atoms with E-state index in [0.29, 0.717) is 12.1 Å². The predicted molar refractivity (Wildman–Crippen MR) is 63.9 cm³/mol. The lowest BCUT2D eigenvalue weighted by Gasteiger charge is -2.00. The van der Waals surface area contributed by atoms with E-state index >= 15 is 0 Å². The summed E-state index contributed by atoms with van der Waals surface area (Å²) in [4.78, 5) is 10.7. The van der Waals surface area contributed by atoms with Gasteiger partial charge in [0, 0.05) is 10.7 Å². The van der Waals surface area contributed by atoms with E-state index in [9.17, 15) is 4.79 Å². The number of carbonyl (C=O) groups is 1. The molecule has 2 heterocycles. The molecule has 6 heteroatoms. The lowest BCUT2D eigenvalue weighted by molar-refractivity contribution is 0.210. The first-order valence-corrected chi connectivity index (χ1v) is 5.58. The quantitative estimate of drug-likeness (QED) is 0.891. The normalized spacial score (nSPS) is 10.6. The van der Waals surface area contributed by atoms with Gasteiger partial charge in [-0.1, -0.05) is 22.9 Å². The molecule has 0 bridgehead atoms. The van der Waals surface area contributed by atoms with Crippen LogP contribution in [0.3, 0.4) is 0 Å². The molecule has 2 aromatic rings. The van der Waals surface area contributed by atoms with Gasteiger partial charge in [0.05, 0.1) is 16.9 Å². The summed E-state index contributed by atoms with van der Waals surface area (Å²) in [5, 5.41) is 15.5. The van der Waals surface area contributed by atoms with Crippen molar-refractivity contribution in [1.82, 2.24) is 9.61 Å². The Hall–Kier alpha value is -1.56. The molecule has 0 aliphatic rings. The number of rotatable bonds is 2. The van der Waals surface area contributed by atoms with Crippen molar-refractivity contribution in [2.45, 2.75) is 13.3 Å². The molecule has 0 aliphatic heterocycles. The average Bonchev–Trinajstić information content (AvgIpc) is 2.56. The number of nitrogens with one attached hydrogen (secondary N) is 1. The third-order valence-corrected chi connectivity index (χ3v) is 2.73. The molecule has 0 radical (unpaired) electrons. The highest BCUT2D eigenvalue weighted by Gasteiger charge is 2.13. The highest BCUT2D eigenvalue weighted by Crippen LogP contribution is 2.25. The van der Waals surface area contributed by atoms with Gasteiger partial charge >= 0.3 is 6.09 Å². The minimum Gasteiger partial charge on any atom is -0.465 e. The Labute approximate surface area is 100 Å². The number of hydrogen-bond acceptors (Lipinski definition) is 2. The zero-order chi connectivity index (χ0) is 11.7. The first-order chi connectivity index (χ1) is 7.61. The molecule has 0 aliphatic carbocycles. The molecule has 0 unspecified atom stereocenters. The van der Waals surface area contributed by atoms with E-state index in [4.69, 9.17) is 5.11 Å². The fourth-order valence-corrected chi connectivity index (χ4v) is 1.89. The Morgan fingerprint density at radius 1 is 1.69 bits per heavy atom. The van der Waals surface area contributed by atoms with Crippen LogP contribution in [0.15, 0.2) is 22.8 Å². The molecule has 0 saturated heterocycles. The zero-order valence-electron chi connectivity index (χ0n) is 8.57. The molecule has 1 amide bonds. The Kier molecular flexibility index (Phi) is 2.82. The maximum atomic E-state index is 10.7. The molecule has 0 aromatic carbocycles. The van der Waals surface area contributed by atoms with Crippen molar-refractivity contribution in [3.05, 3.63) is 28.5 Å². The summed E-state index contributed by atoms with van der Waals surface area (Å²) in [7, 11) is 0. The molecule has 2 aromatic heterocycles. The third kappa shape index (κ3) is 1.88. The highest BCUT2D eigenvalue weighted by molar-refractivity contribution is 9.10. The second-order valence-electron chi connectivity index (χ2n) is 3.28. The van der Waals surface area contributed by atoms with Crippen molar-refractivity contribution in [1.29, 1.82) is 0 Å². The van der Waals surface area contributed by atoms with Crippen LogP contribution < -0.4 is 5.32 Å². The summed E-state index contributed by atoms with van der Waals surface area (Å²) < 4.78 is 2.55. The number of amides is 1. The maximum Gasteiger partial charge on any atom is 0.409 e. The number of pyridine rings is 1. The van der Waals surface area contributed by atoms with Gasteiger partial charge < -0.3 is 5.11 Å². The molecule has 0 fully saturated rings. The average molecular weight is 284 g/mol. The van der Waals surface area contributed by atoms with E-state index in [-0.39, 0.29) is 0 Å². The van der Waals surface area contributed by atoms with Crippen LogP contribution in [-0.4, -0.2) is 20.8 Å². The van der Waals surface area contributed by atoms with Gasteiger partial charge in [0.1, 0.15) is 0 Å². The van der Waals surface area contributed by atoms with Gasteiger partial charge in [-0.3, -0.25) is 5.32 Å². The lowest BCUT2D eigenvalue weighted by Crippen LogP contribution is -2.08. The lowest BCUT2D eigenvalue weighted by atomic mass is 10.2. The van der Waals surface area contributed by atoms with Crippen LogP contribution in [0.4, 0.5) is 10.5 Å². The fraction of sp³-hybridized carbons (Fsp3) is 0.200. The molecule has 0 spiro atoms. The number of hydrogen-bond donors (Lipinski definition) is 2. The predicted octanol–water partition coefficient (Wildman–Crippen LogP) is 2.75. The van der Waals surface area contributed by atoms with E-state index in [1.54, 1.807) is 10.7 Å². The van der Waals surface area contributed by atoms with E-state index in [1.165, 1.54) is 0 Å². The second-order valence-corrected chi connectivity index (χ2v) is 4.20. The molecule has 2 rings (SSSR count). The van der Waals surface area contributed by atoms with Gasteiger partial charge in [0.15, 0.2) is 0 Å². The molecule has 5 nitrogen and oxygen atoms in total. The second kappa shape index (κ2) is 4.13. The number of aromatic nitrogens is 2. The number of anilines is 1. The van der Waals surface area contributed by atoms with Crippen LogP contribution in [0.1, 0.15) is 12.6 Å². The number of carboxylic acid groups (broad SMARTS) is 1. The largest absolute Gasteiger partial charge is 0.465 e. The van der Waals surface area contributed by atoms with Crippen LogP contribution in [0, 0.1) is 0 Å². The number of nitrogens with zero attached hydrogens (tertiary/aromatic N) is 2.